The number of aliphatic hydroxyl groups is 1. The quantitative estimate of drug-likeness (QED) is 0.726. The maximum absolute atomic E-state index is 9.82. The van der Waals surface area contributed by atoms with Crippen LogP contribution in [0.25, 0.3) is 0 Å². The van der Waals surface area contributed by atoms with Gasteiger partial charge < -0.3 is 15.7 Å². The Labute approximate surface area is 96.1 Å². The molecule has 0 unspecified atom stereocenters. The molecule has 1 aliphatic rings. The van der Waals surface area contributed by atoms with Crippen LogP contribution in [-0.2, 0) is 0 Å². The highest BCUT2D eigenvalue weighted by Gasteiger charge is 2.31. The fourth-order valence-electron chi connectivity index (χ4n) is 2.33. The van der Waals surface area contributed by atoms with Crippen molar-refractivity contribution in [1.82, 2.24) is 4.98 Å². The zero-order valence-corrected chi connectivity index (χ0v) is 9.80. The molecule has 0 radical (unpaired) electrons. The summed E-state index contributed by atoms with van der Waals surface area (Å²) >= 11 is 0. The fraction of sp³-hybridized carbons (Fsp3) is 0.583. The maximum atomic E-state index is 9.82. The van der Waals surface area contributed by atoms with Crippen molar-refractivity contribution >= 4 is 5.69 Å². The van der Waals surface area contributed by atoms with Gasteiger partial charge in [-0.05, 0) is 18.6 Å². The van der Waals surface area contributed by atoms with E-state index in [4.69, 9.17) is 5.73 Å². The van der Waals surface area contributed by atoms with Crippen LogP contribution >= 0.6 is 0 Å². The summed E-state index contributed by atoms with van der Waals surface area (Å²) in [7, 11) is 0. The predicted molar refractivity (Wildman–Crippen MR) is 64.3 cm³/mol. The van der Waals surface area contributed by atoms with E-state index in [1.807, 2.05) is 26.1 Å². The van der Waals surface area contributed by atoms with Gasteiger partial charge in [0.05, 0.1) is 6.10 Å². The van der Waals surface area contributed by atoms with Crippen molar-refractivity contribution in [3.8, 4) is 0 Å². The number of aryl methyl sites for hydroxylation is 1. The minimum Gasteiger partial charge on any atom is -0.391 e. The van der Waals surface area contributed by atoms with E-state index in [0.717, 1.165) is 12.1 Å². The summed E-state index contributed by atoms with van der Waals surface area (Å²) in [5.41, 5.74) is 8.26. The average Bonchev–Trinajstić information content (AvgIpc) is 2.26. The minimum absolute atomic E-state index is 0.170. The molecule has 0 aliphatic carbocycles. The number of nitrogens with two attached hydrogens (primary N) is 1. The number of hydrogen-bond acceptors (Lipinski definition) is 4. The molecule has 0 amide bonds. The van der Waals surface area contributed by atoms with Gasteiger partial charge in [0.1, 0.15) is 0 Å². The van der Waals surface area contributed by atoms with Crippen molar-refractivity contribution < 1.29 is 5.11 Å². The van der Waals surface area contributed by atoms with Gasteiger partial charge in [0.15, 0.2) is 0 Å². The fourth-order valence-corrected chi connectivity index (χ4v) is 2.33. The van der Waals surface area contributed by atoms with E-state index in [2.05, 4.69) is 9.88 Å². The Morgan fingerprint density at radius 3 is 2.88 bits per heavy atom. The molecular formula is C12H19N3O. The summed E-state index contributed by atoms with van der Waals surface area (Å²) in [5, 5.41) is 9.82. The molecular weight excluding hydrogens is 202 g/mol. The van der Waals surface area contributed by atoms with E-state index in [9.17, 15) is 5.11 Å². The zero-order valence-electron chi connectivity index (χ0n) is 9.80. The highest BCUT2D eigenvalue weighted by atomic mass is 16.3. The molecule has 1 saturated heterocycles. The van der Waals surface area contributed by atoms with Gasteiger partial charge in [-0.25, -0.2) is 0 Å². The van der Waals surface area contributed by atoms with Crippen molar-refractivity contribution in [2.75, 3.05) is 18.0 Å². The molecule has 3 atom stereocenters. The Morgan fingerprint density at radius 1 is 1.50 bits per heavy atom. The molecule has 0 spiro atoms. The number of hydrogen-bond donors (Lipinski definition) is 2. The SMILES string of the molecule is Cc1cnccc1N1C[C@@H](C)[C@H](O)[C@@H](N)C1. The summed E-state index contributed by atoms with van der Waals surface area (Å²) in [5.74, 6) is 0.205. The third kappa shape index (κ3) is 2.03. The van der Waals surface area contributed by atoms with Gasteiger partial charge in [-0.1, -0.05) is 6.92 Å². The molecule has 0 saturated carbocycles. The lowest BCUT2D eigenvalue weighted by Gasteiger charge is -2.40. The first-order valence-electron chi connectivity index (χ1n) is 5.69. The minimum atomic E-state index is -0.390. The summed E-state index contributed by atoms with van der Waals surface area (Å²) in [6.45, 7) is 5.63. The maximum Gasteiger partial charge on any atom is 0.0750 e. The third-order valence-corrected chi connectivity index (χ3v) is 3.29. The highest BCUT2D eigenvalue weighted by Crippen LogP contribution is 2.24. The van der Waals surface area contributed by atoms with Gasteiger partial charge in [0.2, 0.25) is 0 Å². The second-order valence-electron chi connectivity index (χ2n) is 4.70. The van der Waals surface area contributed by atoms with E-state index < -0.39 is 6.10 Å². The third-order valence-electron chi connectivity index (χ3n) is 3.29. The molecule has 2 heterocycles. The van der Waals surface area contributed by atoms with E-state index in [-0.39, 0.29) is 12.0 Å². The Kier molecular flexibility index (Phi) is 3.12. The molecule has 0 aromatic carbocycles. The van der Waals surface area contributed by atoms with Gasteiger partial charge >= 0.3 is 0 Å². The van der Waals surface area contributed by atoms with Crippen molar-refractivity contribution in [2.24, 2.45) is 11.7 Å². The molecule has 88 valence electrons. The van der Waals surface area contributed by atoms with Gasteiger partial charge in [-0.2, -0.15) is 0 Å². The first-order valence-corrected chi connectivity index (χ1v) is 5.69. The van der Waals surface area contributed by atoms with Crippen molar-refractivity contribution in [1.29, 1.82) is 0 Å². The Morgan fingerprint density at radius 2 is 2.25 bits per heavy atom. The largest absolute Gasteiger partial charge is 0.391 e. The van der Waals surface area contributed by atoms with Crippen LogP contribution < -0.4 is 10.6 Å². The van der Waals surface area contributed by atoms with E-state index in [1.54, 1.807) is 6.20 Å². The smallest absolute Gasteiger partial charge is 0.0750 e. The summed E-state index contributed by atoms with van der Waals surface area (Å²) in [4.78, 5) is 6.32. The monoisotopic (exact) mass is 221 g/mol. The van der Waals surface area contributed by atoms with Crippen LogP contribution in [0.5, 0.6) is 0 Å². The molecule has 2 rings (SSSR count). The lowest BCUT2D eigenvalue weighted by molar-refractivity contribution is 0.0785. The molecule has 1 aromatic heterocycles. The topological polar surface area (TPSA) is 62.4 Å². The molecule has 4 nitrogen and oxygen atoms in total. The molecule has 0 bridgehead atoms. The van der Waals surface area contributed by atoms with Crippen LogP contribution in [0.4, 0.5) is 5.69 Å². The van der Waals surface area contributed by atoms with Gasteiger partial charge in [0, 0.05) is 43.1 Å². The van der Waals surface area contributed by atoms with Crippen LogP contribution in [-0.4, -0.2) is 35.3 Å². The van der Waals surface area contributed by atoms with E-state index >= 15 is 0 Å². The predicted octanol–water partition coefficient (Wildman–Crippen LogP) is 0.534. The number of pyridine rings is 1. The van der Waals surface area contributed by atoms with Crippen molar-refractivity contribution in [3.05, 3.63) is 24.0 Å². The summed E-state index contributed by atoms with van der Waals surface area (Å²) in [6, 6.07) is 1.84. The Balaban J connectivity index is 2.20. The molecule has 1 aromatic rings. The molecule has 1 fully saturated rings. The van der Waals surface area contributed by atoms with Crippen LogP contribution in [0.15, 0.2) is 18.5 Å². The van der Waals surface area contributed by atoms with E-state index in [1.165, 1.54) is 5.69 Å². The zero-order chi connectivity index (χ0) is 11.7. The summed E-state index contributed by atoms with van der Waals surface area (Å²) in [6.07, 6.45) is 3.26. The Hall–Kier alpha value is -1.13. The van der Waals surface area contributed by atoms with Crippen LogP contribution in [0, 0.1) is 12.8 Å². The number of nitrogens with zero attached hydrogens (tertiary/aromatic N) is 2. The Bertz CT molecular complexity index is 357. The second-order valence-corrected chi connectivity index (χ2v) is 4.70. The molecule has 1 aliphatic heterocycles. The lowest BCUT2D eigenvalue weighted by atomic mass is 9.92. The highest BCUT2D eigenvalue weighted by molar-refractivity contribution is 5.52. The normalized spacial score (nSPS) is 30.5. The number of rotatable bonds is 1. The van der Waals surface area contributed by atoms with Gasteiger partial charge in [-0.3, -0.25) is 4.98 Å². The van der Waals surface area contributed by atoms with Gasteiger partial charge in [0.25, 0.3) is 0 Å². The van der Waals surface area contributed by atoms with Crippen LogP contribution in [0.2, 0.25) is 0 Å². The van der Waals surface area contributed by atoms with Crippen molar-refractivity contribution in [2.45, 2.75) is 26.0 Å². The summed E-state index contributed by atoms with van der Waals surface area (Å²) < 4.78 is 0. The average molecular weight is 221 g/mol. The van der Waals surface area contributed by atoms with Gasteiger partial charge in [-0.15, -0.1) is 0 Å². The van der Waals surface area contributed by atoms with Crippen LogP contribution in [0.1, 0.15) is 12.5 Å². The molecule has 16 heavy (non-hydrogen) atoms. The van der Waals surface area contributed by atoms with E-state index in [0.29, 0.717) is 6.54 Å². The first kappa shape index (κ1) is 11.4. The molecule has 4 heteroatoms. The van der Waals surface area contributed by atoms with Crippen molar-refractivity contribution in [3.63, 3.8) is 0 Å². The lowest BCUT2D eigenvalue weighted by Crippen LogP contribution is -2.55. The molecule has 3 N–H and O–H groups in total. The second kappa shape index (κ2) is 4.39. The number of anilines is 1. The van der Waals surface area contributed by atoms with Crippen LogP contribution in [0.3, 0.4) is 0 Å². The number of aromatic nitrogens is 1. The number of aliphatic hydroxyl groups excluding tert-OH is 1. The first-order chi connectivity index (χ1) is 7.59. The standard InChI is InChI=1S/C12H19N3O/c1-8-5-14-4-3-11(8)15-6-9(2)12(16)10(13)7-15/h3-5,9-10,12,16H,6-7,13H2,1-2H3/t9-,10+,12+/m1/s1. The number of piperidine rings is 1.